The third-order valence-electron chi connectivity index (χ3n) is 7.98. The molecule has 1 amide bonds. The van der Waals surface area contributed by atoms with Crippen molar-refractivity contribution in [2.24, 2.45) is 17.8 Å². The van der Waals surface area contributed by atoms with Gasteiger partial charge >= 0.3 is 5.97 Å². The highest BCUT2D eigenvalue weighted by molar-refractivity contribution is 6.25. The highest BCUT2D eigenvalue weighted by Crippen LogP contribution is 2.57. The van der Waals surface area contributed by atoms with Crippen LogP contribution in [0.3, 0.4) is 0 Å². The van der Waals surface area contributed by atoms with E-state index in [1.807, 2.05) is 26.8 Å². The molecule has 1 spiro atoms. The lowest BCUT2D eigenvalue weighted by molar-refractivity contribution is -0.387. The smallest absolute Gasteiger partial charge is 0.316 e. The number of aliphatic hydroxyl groups excluding tert-OH is 1. The van der Waals surface area contributed by atoms with Crippen LogP contribution in [0.2, 0.25) is 0 Å². The summed E-state index contributed by atoms with van der Waals surface area (Å²) in [5, 5.41) is 10.3. The number of methoxy groups -OCH3 is 1. The number of amides is 1. The van der Waals surface area contributed by atoms with Crippen LogP contribution in [0, 0.1) is 17.8 Å². The predicted molar refractivity (Wildman–Crippen MR) is 130 cm³/mol. The number of nitrogens with zero attached hydrogens (tertiary/aromatic N) is 1. The van der Waals surface area contributed by atoms with Gasteiger partial charge in [-0.3, -0.25) is 19.2 Å². The number of Topliss-reactive ketones (excluding diaryl/α,β-unsaturated/α-hetero) is 2. The molecule has 37 heavy (non-hydrogen) atoms. The normalized spacial score (nSPS) is 40.3. The van der Waals surface area contributed by atoms with E-state index in [1.165, 1.54) is 25.1 Å². The fourth-order valence-corrected chi connectivity index (χ4v) is 6.20. The maximum absolute atomic E-state index is 13.1. The number of esters is 1. The van der Waals surface area contributed by atoms with Crippen LogP contribution in [-0.4, -0.2) is 83.9 Å². The topological polar surface area (TPSA) is 129 Å². The van der Waals surface area contributed by atoms with Gasteiger partial charge in [-0.2, -0.15) is 0 Å². The number of aliphatic hydroxyl groups is 1. The van der Waals surface area contributed by atoms with Gasteiger partial charge in [-0.05, 0) is 26.8 Å². The van der Waals surface area contributed by atoms with Crippen molar-refractivity contribution in [1.29, 1.82) is 0 Å². The lowest BCUT2D eigenvalue weighted by atomic mass is 9.73. The summed E-state index contributed by atoms with van der Waals surface area (Å²) < 4.78 is 24.1. The van der Waals surface area contributed by atoms with Crippen LogP contribution in [0.1, 0.15) is 41.0 Å². The summed E-state index contributed by atoms with van der Waals surface area (Å²) in [6, 6.07) is 0. The largest absolute Gasteiger partial charge is 0.507 e. The minimum Gasteiger partial charge on any atom is -0.507 e. The van der Waals surface area contributed by atoms with E-state index in [0.29, 0.717) is 0 Å². The summed E-state index contributed by atoms with van der Waals surface area (Å²) in [5.74, 6) is -4.83. The van der Waals surface area contributed by atoms with Gasteiger partial charge in [-0.1, -0.05) is 31.6 Å². The molecule has 4 aliphatic rings. The van der Waals surface area contributed by atoms with Gasteiger partial charge < -0.3 is 29.0 Å². The van der Waals surface area contributed by atoms with Gasteiger partial charge in [-0.15, -0.1) is 0 Å². The molecule has 0 aromatic heterocycles. The second-order valence-corrected chi connectivity index (χ2v) is 10.8. The highest BCUT2D eigenvalue weighted by Gasteiger charge is 2.74. The summed E-state index contributed by atoms with van der Waals surface area (Å²) in [7, 11) is 2.80. The van der Waals surface area contributed by atoms with Crippen molar-refractivity contribution in [3.8, 4) is 0 Å². The Hall–Kier alpha value is -2.82. The Morgan fingerprint density at radius 2 is 1.86 bits per heavy atom. The number of fused-ring (bicyclic) bond motifs is 1. The molecule has 0 saturated carbocycles. The number of rotatable bonds is 5. The molecule has 2 bridgehead atoms. The van der Waals surface area contributed by atoms with Crippen molar-refractivity contribution in [1.82, 2.24) is 4.90 Å². The van der Waals surface area contributed by atoms with Crippen LogP contribution < -0.4 is 0 Å². The number of carbonyl (C=O) groups excluding carboxylic acids is 4. The molecule has 4 aliphatic heterocycles. The van der Waals surface area contributed by atoms with Crippen LogP contribution in [0.25, 0.3) is 0 Å². The average Bonchev–Trinajstić information content (AvgIpc) is 3.20. The highest BCUT2D eigenvalue weighted by atomic mass is 16.8. The molecule has 4 rings (SSSR count). The van der Waals surface area contributed by atoms with Crippen molar-refractivity contribution >= 4 is 23.4 Å². The number of hydrogen-bond acceptors (Lipinski definition) is 9. The Morgan fingerprint density at radius 1 is 1.19 bits per heavy atom. The van der Waals surface area contributed by atoms with Crippen molar-refractivity contribution in [3.63, 3.8) is 0 Å². The Kier molecular flexibility index (Phi) is 6.98. The fourth-order valence-electron chi connectivity index (χ4n) is 6.20. The molecule has 202 valence electrons. The number of ketones is 2. The molecule has 4 fully saturated rings. The molecule has 0 aliphatic carbocycles. The van der Waals surface area contributed by atoms with E-state index in [0.717, 1.165) is 5.57 Å². The van der Waals surface area contributed by atoms with Gasteiger partial charge in [0.25, 0.3) is 5.91 Å². The zero-order valence-electron chi connectivity index (χ0n) is 22.3. The van der Waals surface area contributed by atoms with E-state index in [9.17, 15) is 24.3 Å². The Labute approximate surface area is 216 Å². The van der Waals surface area contributed by atoms with E-state index in [-0.39, 0.29) is 41.9 Å². The van der Waals surface area contributed by atoms with Crippen molar-refractivity contribution in [3.05, 3.63) is 35.1 Å². The number of hydrogen-bond donors (Lipinski definition) is 1. The van der Waals surface area contributed by atoms with E-state index in [2.05, 4.69) is 0 Å². The lowest BCUT2D eigenvalue weighted by Crippen LogP contribution is -2.71. The van der Waals surface area contributed by atoms with E-state index < -0.39 is 53.3 Å². The van der Waals surface area contributed by atoms with E-state index in [4.69, 9.17) is 18.9 Å². The van der Waals surface area contributed by atoms with Gasteiger partial charge in [0.05, 0.1) is 25.9 Å². The van der Waals surface area contributed by atoms with Gasteiger partial charge in [0.2, 0.25) is 5.79 Å². The third kappa shape index (κ3) is 4.24. The first-order chi connectivity index (χ1) is 17.3. The minimum atomic E-state index is -1.47. The maximum Gasteiger partial charge on any atom is 0.316 e. The molecule has 4 saturated heterocycles. The second-order valence-electron chi connectivity index (χ2n) is 10.8. The second kappa shape index (κ2) is 9.49. The minimum absolute atomic E-state index is 0.0631. The zero-order valence-corrected chi connectivity index (χ0v) is 22.3. The summed E-state index contributed by atoms with van der Waals surface area (Å²) in [4.78, 5) is 51.3. The molecule has 0 radical (unpaired) electrons. The molecular formula is C27H35NO9. The number of likely N-dealkylation sites (tertiary alicyclic amines) is 1. The Bertz CT molecular complexity index is 1120. The average molecular weight is 518 g/mol. The Morgan fingerprint density at radius 3 is 2.46 bits per heavy atom. The predicted octanol–water partition coefficient (Wildman–Crippen LogP) is 2.03. The summed E-state index contributed by atoms with van der Waals surface area (Å²) >= 11 is 0. The van der Waals surface area contributed by atoms with E-state index in [1.54, 1.807) is 19.9 Å². The monoisotopic (exact) mass is 517 g/mol. The molecule has 8 unspecified atom stereocenters. The molecule has 10 nitrogen and oxygen atoms in total. The summed E-state index contributed by atoms with van der Waals surface area (Å²) in [6.07, 6.45) is 3.07. The van der Waals surface area contributed by atoms with Gasteiger partial charge in [0.1, 0.15) is 29.0 Å². The van der Waals surface area contributed by atoms with Crippen LogP contribution in [-0.2, 0) is 38.1 Å². The number of likely N-dealkylation sites (N-methyl/N-ethyl adjacent to an activating group) is 1. The zero-order chi connectivity index (χ0) is 27.4. The van der Waals surface area contributed by atoms with Gasteiger partial charge in [0, 0.05) is 25.3 Å². The molecule has 0 aromatic rings. The van der Waals surface area contributed by atoms with Crippen LogP contribution in [0.15, 0.2) is 35.1 Å². The summed E-state index contributed by atoms with van der Waals surface area (Å²) in [5.41, 5.74) is -0.637. The molecule has 0 aromatic carbocycles. The quantitative estimate of drug-likeness (QED) is 0.191. The number of ether oxygens (including phenoxy) is 4. The SMILES string of the molecule is COC(=O)C1C(C)OC2(C)CC(=O)C3OC12OC(C(C)/C=C(C)/C=C/C(O)=C1C(=O)CN(C)C1=O)C3C. The first-order valence-corrected chi connectivity index (χ1v) is 12.5. The molecule has 10 heteroatoms. The molecule has 8 atom stereocenters. The van der Waals surface area contributed by atoms with Crippen LogP contribution in [0.4, 0.5) is 0 Å². The number of allylic oxidation sites excluding steroid dienone is 3. The van der Waals surface area contributed by atoms with Crippen molar-refractivity contribution in [2.75, 3.05) is 20.7 Å². The summed E-state index contributed by atoms with van der Waals surface area (Å²) in [6.45, 7) is 9.05. The van der Waals surface area contributed by atoms with Crippen LogP contribution >= 0.6 is 0 Å². The Balaban J connectivity index is 1.62. The van der Waals surface area contributed by atoms with Gasteiger partial charge in [-0.25, -0.2) is 0 Å². The fraction of sp³-hybridized carbons (Fsp3) is 0.630. The van der Waals surface area contributed by atoms with Crippen LogP contribution in [0.5, 0.6) is 0 Å². The van der Waals surface area contributed by atoms with Crippen molar-refractivity contribution < 1.29 is 43.2 Å². The number of carbonyl (C=O) groups is 4. The lowest BCUT2D eigenvalue weighted by Gasteiger charge is -2.56. The first-order valence-electron chi connectivity index (χ1n) is 12.5. The standard InChI is InChI=1S/C27H35NO9/c1-13(8-9-17(29)20-19(31)12-28(6)24(20)32)10-14(2)22-15(3)23-18(30)11-26(5)27(36-22,37-23)21(16(4)35-26)25(33)34-7/h8-10,14-16,21-23,29H,11-12H2,1-7H3/b9-8+,13-10+,20-17?. The maximum atomic E-state index is 13.1. The first kappa shape index (κ1) is 27.2. The molecule has 1 N–H and O–H groups in total. The van der Waals surface area contributed by atoms with E-state index >= 15 is 0 Å². The molecule has 4 heterocycles. The van der Waals surface area contributed by atoms with Crippen molar-refractivity contribution in [2.45, 2.75) is 70.7 Å². The van der Waals surface area contributed by atoms with Gasteiger partial charge in [0.15, 0.2) is 11.6 Å². The third-order valence-corrected chi connectivity index (χ3v) is 7.98. The molecular weight excluding hydrogens is 482 g/mol.